The van der Waals surface area contributed by atoms with Crippen LogP contribution in [0.3, 0.4) is 0 Å². The Morgan fingerprint density at radius 3 is 2.64 bits per heavy atom. The highest BCUT2D eigenvalue weighted by atomic mass is 35.5. The summed E-state index contributed by atoms with van der Waals surface area (Å²) < 4.78 is 0. The lowest BCUT2D eigenvalue weighted by Gasteiger charge is -2.05. The minimum atomic E-state index is -0.534. The molecule has 1 aromatic rings. The van der Waals surface area contributed by atoms with Crippen LogP contribution < -0.4 is 5.73 Å². The molecule has 0 aliphatic rings. The number of hydrogen-bond donors (Lipinski definition) is 2. The fraction of sp³-hybridized carbons (Fsp3) is 0.286. The average Bonchev–Trinajstić information content (AvgIpc) is 1.88. The molecule has 3 N–H and O–H groups in total. The summed E-state index contributed by atoms with van der Waals surface area (Å²) in [5.41, 5.74) is 6.79. The van der Waals surface area contributed by atoms with Gasteiger partial charge >= 0.3 is 0 Å². The van der Waals surface area contributed by atoms with Crippen LogP contribution in [-0.4, -0.2) is 10.1 Å². The molecular formula is C7H11ClN2O. The van der Waals surface area contributed by atoms with E-state index in [0.717, 1.165) is 0 Å². The van der Waals surface area contributed by atoms with Crippen LogP contribution in [0.2, 0.25) is 0 Å². The molecule has 0 spiro atoms. The molecule has 0 saturated heterocycles. The molecule has 11 heavy (non-hydrogen) atoms. The van der Waals surface area contributed by atoms with E-state index in [1.165, 1.54) is 0 Å². The van der Waals surface area contributed by atoms with Gasteiger partial charge in [0.05, 0.1) is 6.10 Å². The Morgan fingerprint density at radius 1 is 1.64 bits per heavy atom. The van der Waals surface area contributed by atoms with Crippen LogP contribution in [0.1, 0.15) is 18.6 Å². The van der Waals surface area contributed by atoms with Crippen molar-refractivity contribution in [3.8, 4) is 0 Å². The van der Waals surface area contributed by atoms with E-state index < -0.39 is 6.10 Å². The number of hydrogen-bond acceptors (Lipinski definition) is 3. The van der Waals surface area contributed by atoms with Crippen LogP contribution in [0.5, 0.6) is 0 Å². The summed E-state index contributed by atoms with van der Waals surface area (Å²) in [6.07, 6.45) is 2.63. The van der Waals surface area contributed by atoms with Crippen molar-refractivity contribution in [1.29, 1.82) is 0 Å². The Hall–Kier alpha value is -0.800. The summed E-state index contributed by atoms with van der Waals surface area (Å²) in [5, 5.41) is 9.08. The summed E-state index contributed by atoms with van der Waals surface area (Å²) in [5.74, 6) is 0. The molecule has 0 aromatic carbocycles. The molecule has 1 heterocycles. The van der Waals surface area contributed by atoms with Gasteiger partial charge < -0.3 is 10.8 Å². The van der Waals surface area contributed by atoms with E-state index >= 15 is 0 Å². The Labute approximate surface area is 71.7 Å². The van der Waals surface area contributed by atoms with Crippen molar-refractivity contribution in [1.82, 2.24) is 4.98 Å². The van der Waals surface area contributed by atoms with Crippen molar-refractivity contribution in [2.75, 3.05) is 5.73 Å². The molecule has 0 radical (unpaired) electrons. The third kappa shape index (κ3) is 2.37. The second-order valence-electron chi connectivity index (χ2n) is 2.18. The van der Waals surface area contributed by atoms with E-state index in [1.807, 2.05) is 0 Å². The number of anilines is 1. The minimum Gasteiger partial charge on any atom is -0.398 e. The number of aromatic nitrogens is 1. The number of halogens is 1. The second kappa shape index (κ2) is 4.16. The Balaban J connectivity index is 0.000001000. The maximum Gasteiger partial charge on any atom is 0.0797 e. The molecular weight excluding hydrogens is 164 g/mol. The van der Waals surface area contributed by atoms with Gasteiger partial charge in [0.25, 0.3) is 0 Å². The minimum absolute atomic E-state index is 0. The van der Waals surface area contributed by atoms with Crippen molar-refractivity contribution >= 4 is 18.1 Å². The third-order valence-corrected chi connectivity index (χ3v) is 1.34. The molecule has 1 unspecified atom stereocenters. The fourth-order valence-electron chi connectivity index (χ4n) is 0.767. The quantitative estimate of drug-likeness (QED) is 0.671. The van der Waals surface area contributed by atoms with Gasteiger partial charge in [-0.2, -0.15) is 0 Å². The lowest BCUT2D eigenvalue weighted by Crippen LogP contribution is -1.98. The van der Waals surface area contributed by atoms with Crippen molar-refractivity contribution in [2.24, 2.45) is 0 Å². The molecule has 1 atom stereocenters. The molecule has 0 aliphatic carbocycles. The van der Waals surface area contributed by atoms with Crippen LogP contribution >= 0.6 is 12.4 Å². The van der Waals surface area contributed by atoms with Gasteiger partial charge in [-0.25, -0.2) is 0 Å². The molecule has 3 nitrogen and oxygen atoms in total. The maximum atomic E-state index is 9.08. The summed E-state index contributed by atoms with van der Waals surface area (Å²) in [6, 6.07) is 1.67. The number of nitrogen functional groups attached to an aromatic ring is 1. The van der Waals surface area contributed by atoms with Gasteiger partial charge in [0.1, 0.15) is 0 Å². The number of aliphatic hydroxyl groups is 1. The molecule has 0 bridgehead atoms. The first-order valence-electron chi connectivity index (χ1n) is 3.09. The Bertz CT molecular complexity index is 227. The normalized spacial score (nSPS) is 11.8. The van der Waals surface area contributed by atoms with E-state index in [9.17, 15) is 0 Å². The van der Waals surface area contributed by atoms with Gasteiger partial charge in [-0.15, -0.1) is 12.4 Å². The lowest BCUT2D eigenvalue weighted by molar-refractivity contribution is 0.199. The number of rotatable bonds is 1. The first-order chi connectivity index (χ1) is 4.72. The van der Waals surface area contributed by atoms with Gasteiger partial charge in [-0.05, 0) is 13.0 Å². The Morgan fingerprint density at radius 2 is 2.27 bits per heavy atom. The molecule has 1 rings (SSSR count). The zero-order valence-electron chi connectivity index (χ0n) is 6.19. The molecule has 0 aliphatic heterocycles. The van der Waals surface area contributed by atoms with Gasteiger partial charge in [0.2, 0.25) is 0 Å². The molecule has 0 fully saturated rings. The van der Waals surface area contributed by atoms with Gasteiger partial charge in [0.15, 0.2) is 0 Å². The third-order valence-electron chi connectivity index (χ3n) is 1.34. The van der Waals surface area contributed by atoms with Gasteiger partial charge in [-0.1, -0.05) is 0 Å². The smallest absolute Gasteiger partial charge is 0.0797 e. The number of pyridine rings is 1. The van der Waals surface area contributed by atoms with Gasteiger partial charge in [-0.3, -0.25) is 4.98 Å². The number of nitrogens with zero attached hydrogens (tertiary/aromatic N) is 1. The van der Waals surface area contributed by atoms with Crippen molar-refractivity contribution in [2.45, 2.75) is 13.0 Å². The number of aliphatic hydroxyl groups excluding tert-OH is 1. The average molecular weight is 175 g/mol. The zero-order valence-corrected chi connectivity index (χ0v) is 7.01. The summed E-state index contributed by atoms with van der Waals surface area (Å²) in [7, 11) is 0. The van der Waals surface area contributed by atoms with E-state index in [1.54, 1.807) is 25.4 Å². The van der Waals surface area contributed by atoms with Crippen molar-refractivity contribution in [3.05, 3.63) is 24.0 Å². The SMILES string of the molecule is CC(O)c1cnccc1N.Cl. The topological polar surface area (TPSA) is 59.1 Å². The van der Waals surface area contributed by atoms with E-state index in [0.29, 0.717) is 11.3 Å². The van der Waals surface area contributed by atoms with E-state index in [4.69, 9.17) is 10.8 Å². The van der Waals surface area contributed by atoms with E-state index in [-0.39, 0.29) is 12.4 Å². The number of nitrogens with two attached hydrogens (primary N) is 1. The second-order valence-corrected chi connectivity index (χ2v) is 2.18. The van der Waals surface area contributed by atoms with E-state index in [2.05, 4.69) is 4.98 Å². The molecule has 62 valence electrons. The first kappa shape index (κ1) is 10.2. The van der Waals surface area contributed by atoms with Crippen molar-refractivity contribution in [3.63, 3.8) is 0 Å². The molecule has 4 heteroatoms. The highest BCUT2D eigenvalue weighted by molar-refractivity contribution is 5.85. The van der Waals surface area contributed by atoms with Crippen LogP contribution in [0.25, 0.3) is 0 Å². The maximum absolute atomic E-state index is 9.08. The highest BCUT2D eigenvalue weighted by Crippen LogP contribution is 2.16. The van der Waals surface area contributed by atoms with Crippen LogP contribution in [0.15, 0.2) is 18.5 Å². The first-order valence-corrected chi connectivity index (χ1v) is 3.09. The van der Waals surface area contributed by atoms with Crippen molar-refractivity contribution < 1.29 is 5.11 Å². The predicted octanol–water partition coefficient (Wildman–Crippen LogP) is 1.14. The molecule has 1 aromatic heterocycles. The van der Waals surface area contributed by atoms with Gasteiger partial charge in [0, 0.05) is 23.6 Å². The predicted molar refractivity (Wildman–Crippen MR) is 46.5 cm³/mol. The summed E-state index contributed by atoms with van der Waals surface area (Å²) in [4.78, 5) is 3.83. The molecule has 0 amide bonds. The van der Waals surface area contributed by atoms with Crippen LogP contribution in [0, 0.1) is 0 Å². The lowest BCUT2D eigenvalue weighted by atomic mass is 10.1. The monoisotopic (exact) mass is 174 g/mol. The zero-order chi connectivity index (χ0) is 7.56. The van der Waals surface area contributed by atoms with Crippen LogP contribution in [0.4, 0.5) is 5.69 Å². The fourth-order valence-corrected chi connectivity index (χ4v) is 0.767. The molecule has 0 saturated carbocycles. The Kier molecular flexibility index (Phi) is 3.85. The van der Waals surface area contributed by atoms with Crippen LogP contribution in [-0.2, 0) is 0 Å². The summed E-state index contributed by atoms with van der Waals surface area (Å²) >= 11 is 0. The largest absolute Gasteiger partial charge is 0.398 e. The standard InChI is InChI=1S/C7H10N2O.ClH/c1-5(10)6-4-9-3-2-7(6)8;/h2-5,10H,1H3,(H2,8,9);1H. The highest BCUT2D eigenvalue weighted by Gasteiger charge is 2.02. The summed E-state index contributed by atoms with van der Waals surface area (Å²) in [6.45, 7) is 1.66.